The van der Waals surface area contributed by atoms with Crippen LogP contribution in [0.25, 0.3) is 33.8 Å². The molecule has 4 nitrogen and oxygen atoms in total. The third kappa shape index (κ3) is 5.56. The molecule has 1 unspecified atom stereocenters. The molecule has 7 aromatic carbocycles. The lowest BCUT2D eigenvalue weighted by molar-refractivity contribution is 1.20. The lowest BCUT2D eigenvalue weighted by Gasteiger charge is -2.19. The van der Waals surface area contributed by atoms with Gasteiger partial charge in [0.2, 0.25) is 0 Å². The molecule has 64 heavy (non-hydrogen) atoms. The van der Waals surface area contributed by atoms with E-state index in [1.165, 1.54) is 0 Å². The van der Waals surface area contributed by atoms with Crippen LogP contribution in [0.15, 0.2) is 249 Å². The molecule has 7 aromatic rings. The van der Waals surface area contributed by atoms with Crippen molar-refractivity contribution in [1.29, 1.82) is 0 Å². The van der Waals surface area contributed by atoms with Gasteiger partial charge in [-0.15, -0.1) is 0 Å². The van der Waals surface area contributed by atoms with Crippen molar-refractivity contribution in [2.24, 2.45) is 20.0 Å². The summed E-state index contributed by atoms with van der Waals surface area (Å²) >= 11 is 0. The molecule has 0 aromatic heterocycles. The highest BCUT2D eigenvalue weighted by molar-refractivity contribution is 6.47. The maximum absolute atomic E-state index is 5.89. The number of rotatable bonds is 4. The van der Waals surface area contributed by atoms with E-state index in [0.29, 0.717) is 0 Å². The van der Waals surface area contributed by atoms with Crippen molar-refractivity contribution in [2.75, 3.05) is 0 Å². The molecule has 0 radical (unpaired) electrons. The lowest BCUT2D eigenvalue weighted by atomic mass is 9.82. The highest BCUT2D eigenvalue weighted by atomic mass is 14.9. The van der Waals surface area contributed by atoms with Crippen LogP contribution in [-0.4, -0.2) is 22.8 Å². The number of benzene rings is 7. The van der Waals surface area contributed by atoms with E-state index in [2.05, 4.69) is 212 Å². The van der Waals surface area contributed by atoms with Gasteiger partial charge in [-0.25, -0.2) is 9.98 Å². The Bertz CT molecular complexity index is 3460. The first-order chi connectivity index (χ1) is 31.8. The normalized spacial score (nSPS) is 17.9. The molecular formula is C60H38N4. The molecule has 8 bridgehead atoms. The number of allylic oxidation sites excluding steroid dienone is 8. The van der Waals surface area contributed by atoms with E-state index in [0.717, 1.165) is 136 Å². The van der Waals surface area contributed by atoms with E-state index >= 15 is 0 Å². The maximum atomic E-state index is 5.89. The van der Waals surface area contributed by atoms with E-state index in [9.17, 15) is 0 Å². The van der Waals surface area contributed by atoms with Gasteiger partial charge in [-0.2, -0.15) is 0 Å². The fourth-order valence-corrected chi connectivity index (χ4v) is 10.3. The Morgan fingerprint density at radius 2 is 0.750 bits per heavy atom. The zero-order chi connectivity index (χ0) is 42.1. The van der Waals surface area contributed by atoms with Crippen LogP contribution >= 0.6 is 0 Å². The van der Waals surface area contributed by atoms with Crippen LogP contribution in [0.2, 0.25) is 0 Å². The highest BCUT2D eigenvalue weighted by Gasteiger charge is 2.41. The third-order valence-electron chi connectivity index (χ3n) is 13.1. The van der Waals surface area contributed by atoms with Crippen molar-refractivity contribution in [3.8, 4) is 0 Å². The molecule has 2 aliphatic carbocycles. The Kier molecular flexibility index (Phi) is 8.31. The Balaban J connectivity index is 1.25. The summed E-state index contributed by atoms with van der Waals surface area (Å²) in [5, 5.41) is 0. The van der Waals surface area contributed by atoms with Crippen LogP contribution in [-0.2, 0) is 0 Å². The molecule has 4 aliphatic heterocycles. The number of hydrogen-bond donors (Lipinski definition) is 0. The minimum Gasteiger partial charge on any atom is -0.250 e. The Hall–Kier alpha value is -8.34. The second-order valence-corrected chi connectivity index (χ2v) is 16.7. The summed E-state index contributed by atoms with van der Waals surface area (Å²) in [5.41, 5.74) is 23.3. The molecule has 0 amide bonds. The van der Waals surface area contributed by atoms with Crippen LogP contribution in [0, 0.1) is 0 Å². The summed E-state index contributed by atoms with van der Waals surface area (Å²) in [6, 6.07) is 69.0. The smallest absolute Gasteiger partial charge is 0.0816 e. The first-order valence-corrected chi connectivity index (χ1v) is 22.0. The molecular weight excluding hydrogens is 777 g/mol. The third-order valence-corrected chi connectivity index (χ3v) is 13.1. The molecule has 0 fully saturated rings. The van der Waals surface area contributed by atoms with E-state index < -0.39 is 0 Å². The van der Waals surface area contributed by atoms with Gasteiger partial charge >= 0.3 is 0 Å². The lowest BCUT2D eigenvalue weighted by Crippen LogP contribution is -2.22. The second-order valence-electron chi connectivity index (χ2n) is 16.7. The first kappa shape index (κ1) is 36.3. The minimum atomic E-state index is -0.302. The topological polar surface area (TPSA) is 49.4 Å². The van der Waals surface area contributed by atoms with E-state index in [-0.39, 0.29) is 5.92 Å². The van der Waals surface area contributed by atoms with E-state index in [4.69, 9.17) is 20.0 Å². The fraction of sp³-hybridized carbons (Fsp3) is 0.0333. The van der Waals surface area contributed by atoms with Crippen molar-refractivity contribution in [2.45, 2.75) is 12.3 Å². The van der Waals surface area contributed by atoms with Crippen molar-refractivity contribution in [3.63, 3.8) is 0 Å². The standard InChI is InChI=1S/C60H38N4/c1-5-21-37(22-6-1)49-53-41-29-13-15-31-43(41)55(61-53)50(38-23-7-2-8-24-38)57-45-33-17-19-35-47(45)59(63-57)52(40-27-11-4-12-28-40)60-48-36-20-18-34-46(48)58(64-60)51(39-25-9-3-10-26-39)56-44-32-16-14-30-42(44)54(49)62-56/h1-19,21-36,49H,20H2. The van der Waals surface area contributed by atoms with Gasteiger partial charge < -0.3 is 0 Å². The zero-order valence-electron chi connectivity index (χ0n) is 34.8. The van der Waals surface area contributed by atoms with Gasteiger partial charge in [-0.3, -0.25) is 9.98 Å². The van der Waals surface area contributed by atoms with Crippen molar-refractivity contribution in [3.05, 3.63) is 285 Å². The summed E-state index contributed by atoms with van der Waals surface area (Å²) < 4.78 is 0. The quantitative estimate of drug-likeness (QED) is 0.170. The predicted molar refractivity (Wildman–Crippen MR) is 264 cm³/mol. The Morgan fingerprint density at radius 1 is 0.344 bits per heavy atom. The SMILES string of the molecule is C1=CC2=C3N=C(C2=CC1)C(c1ccccc1)=C1N=C(C(c2ccccc2)=C2N=C(c4ccccc42)C(c2ccccc2)C2=NC(=C3c3ccccc3)c3ccccc32)c2ccccc21. The summed E-state index contributed by atoms with van der Waals surface area (Å²) in [4.78, 5) is 23.5. The van der Waals surface area contributed by atoms with Gasteiger partial charge in [0.1, 0.15) is 0 Å². The molecule has 0 spiro atoms. The first-order valence-electron chi connectivity index (χ1n) is 22.0. The molecule has 4 heteroatoms. The van der Waals surface area contributed by atoms with E-state index in [1.807, 2.05) is 0 Å². The Labute approximate surface area is 372 Å². The molecule has 298 valence electrons. The summed E-state index contributed by atoms with van der Waals surface area (Å²) in [7, 11) is 0. The Morgan fingerprint density at radius 3 is 1.31 bits per heavy atom. The van der Waals surface area contributed by atoms with Gasteiger partial charge in [-0.1, -0.05) is 212 Å². The van der Waals surface area contributed by atoms with Crippen LogP contribution in [0.5, 0.6) is 0 Å². The zero-order valence-corrected chi connectivity index (χ0v) is 34.8. The molecule has 0 saturated heterocycles. The monoisotopic (exact) mass is 814 g/mol. The van der Waals surface area contributed by atoms with Crippen molar-refractivity contribution in [1.82, 2.24) is 0 Å². The molecule has 13 rings (SSSR count). The number of aliphatic imine (C=N–C) groups is 4. The molecule has 6 aliphatic rings. The highest BCUT2D eigenvalue weighted by Crippen LogP contribution is 2.51. The molecule has 0 N–H and O–H groups in total. The summed E-state index contributed by atoms with van der Waals surface area (Å²) in [5.74, 6) is -0.302. The minimum absolute atomic E-state index is 0.302. The van der Waals surface area contributed by atoms with Crippen LogP contribution in [0.4, 0.5) is 0 Å². The molecule has 1 atom stereocenters. The number of hydrogen-bond acceptors (Lipinski definition) is 4. The molecule has 4 heterocycles. The van der Waals surface area contributed by atoms with Gasteiger partial charge in [0.05, 0.1) is 51.6 Å². The van der Waals surface area contributed by atoms with Crippen LogP contribution in [0.3, 0.4) is 0 Å². The van der Waals surface area contributed by atoms with Gasteiger partial charge in [0, 0.05) is 61.2 Å². The largest absolute Gasteiger partial charge is 0.250 e. The van der Waals surface area contributed by atoms with Crippen molar-refractivity contribution < 1.29 is 0 Å². The average molecular weight is 815 g/mol. The van der Waals surface area contributed by atoms with Gasteiger partial charge in [0.15, 0.2) is 0 Å². The fourth-order valence-electron chi connectivity index (χ4n) is 10.3. The van der Waals surface area contributed by atoms with Crippen molar-refractivity contribution >= 4 is 56.7 Å². The average Bonchev–Trinajstić information content (AvgIpc) is 4.14. The maximum Gasteiger partial charge on any atom is 0.0816 e. The van der Waals surface area contributed by atoms with E-state index in [1.54, 1.807) is 0 Å². The van der Waals surface area contributed by atoms with Gasteiger partial charge in [0.25, 0.3) is 0 Å². The summed E-state index contributed by atoms with van der Waals surface area (Å²) in [6.07, 6.45) is 7.66. The molecule has 0 saturated carbocycles. The number of nitrogens with zero attached hydrogens (tertiary/aromatic N) is 4. The van der Waals surface area contributed by atoms with Gasteiger partial charge in [-0.05, 0) is 28.7 Å². The van der Waals surface area contributed by atoms with Crippen LogP contribution < -0.4 is 0 Å². The predicted octanol–water partition coefficient (Wildman–Crippen LogP) is 13.5. The van der Waals surface area contributed by atoms with Crippen LogP contribution in [0.1, 0.15) is 68.0 Å². The summed E-state index contributed by atoms with van der Waals surface area (Å²) in [6.45, 7) is 0. The second kappa shape index (κ2) is 14.6.